The minimum atomic E-state index is 0.102. The Hall–Kier alpha value is -1.46. The molecule has 3 fully saturated rings. The van der Waals surface area contributed by atoms with Crippen LogP contribution in [0, 0.1) is 0 Å². The quantitative estimate of drug-likeness (QED) is 0.851. The van der Waals surface area contributed by atoms with Crippen molar-refractivity contribution in [2.45, 2.75) is 57.2 Å². The molecule has 2 saturated heterocycles. The maximum absolute atomic E-state index is 11.9. The molecule has 4 rings (SSSR count). The molecule has 1 N–H and O–H groups in total. The molecular weight excluding hydrogens is 350 g/mol. The second-order valence-electron chi connectivity index (χ2n) is 7.71. The summed E-state index contributed by atoms with van der Waals surface area (Å²) < 4.78 is 6.27. The number of likely N-dealkylation sites (tertiary alicyclic amines) is 1. The number of halogens is 1. The molecule has 0 spiro atoms. The number of nitrogens with one attached hydrogen (secondary N) is 1. The molecule has 0 radical (unpaired) electrons. The Morgan fingerprint density at radius 2 is 1.88 bits per heavy atom. The molecule has 0 atom stereocenters. The summed E-state index contributed by atoms with van der Waals surface area (Å²) in [6.07, 6.45) is 7.28. The van der Waals surface area contributed by atoms with E-state index in [9.17, 15) is 4.79 Å². The number of ether oxygens (including phenoxy) is 1. The lowest BCUT2D eigenvalue weighted by molar-refractivity contribution is 0.130. The van der Waals surface area contributed by atoms with Gasteiger partial charge in [0.1, 0.15) is 5.75 Å². The van der Waals surface area contributed by atoms with Crippen LogP contribution in [0.1, 0.15) is 44.1 Å². The maximum atomic E-state index is 11.9. The second kappa shape index (κ2) is 8.05. The zero-order chi connectivity index (χ0) is 17.9. The van der Waals surface area contributed by atoms with Gasteiger partial charge >= 0.3 is 6.03 Å². The standard InChI is InChI=1S/C20H28ClN3O2/c21-16-5-6-19(26-18-3-1-2-4-18)15(13-16)14-23-10-7-17(8-11-23)24-12-9-22-20(24)25/h5-6,13,17-18H,1-4,7-12,14H2,(H,22,25). The van der Waals surface area contributed by atoms with Gasteiger partial charge in [-0.25, -0.2) is 4.79 Å². The van der Waals surface area contributed by atoms with E-state index in [2.05, 4.69) is 10.2 Å². The largest absolute Gasteiger partial charge is 0.490 e. The zero-order valence-electron chi connectivity index (χ0n) is 15.3. The summed E-state index contributed by atoms with van der Waals surface area (Å²) in [4.78, 5) is 16.3. The van der Waals surface area contributed by atoms with Gasteiger partial charge in [0.25, 0.3) is 0 Å². The van der Waals surface area contributed by atoms with Crippen LogP contribution >= 0.6 is 11.6 Å². The van der Waals surface area contributed by atoms with E-state index in [1.54, 1.807) is 0 Å². The molecule has 1 saturated carbocycles. The monoisotopic (exact) mass is 377 g/mol. The summed E-state index contributed by atoms with van der Waals surface area (Å²) in [5, 5.41) is 3.67. The predicted octanol–water partition coefficient (Wildman–Crippen LogP) is 3.65. The second-order valence-corrected chi connectivity index (χ2v) is 8.15. The van der Waals surface area contributed by atoms with Crippen molar-refractivity contribution in [2.75, 3.05) is 26.2 Å². The van der Waals surface area contributed by atoms with Crippen LogP contribution in [0.3, 0.4) is 0 Å². The van der Waals surface area contributed by atoms with Gasteiger partial charge in [-0.15, -0.1) is 0 Å². The van der Waals surface area contributed by atoms with Gasteiger partial charge < -0.3 is 15.0 Å². The maximum Gasteiger partial charge on any atom is 0.317 e. The summed E-state index contributed by atoms with van der Waals surface area (Å²) in [6.45, 7) is 4.50. The Bertz CT molecular complexity index is 640. The fraction of sp³-hybridized carbons (Fsp3) is 0.650. The number of amides is 2. The van der Waals surface area contributed by atoms with E-state index in [1.807, 2.05) is 23.1 Å². The average molecular weight is 378 g/mol. The van der Waals surface area contributed by atoms with E-state index >= 15 is 0 Å². The molecule has 5 nitrogen and oxygen atoms in total. The van der Waals surface area contributed by atoms with Crippen LogP contribution in [0.15, 0.2) is 18.2 Å². The van der Waals surface area contributed by atoms with Gasteiger partial charge in [0.05, 0.1) is 6.10 Å². The first kappa shape index (κ1) is 17.9. The summed E-state index contributed by atoms with van der Waals surface area (Å²) in [5.41, 5.74) is 1.18. The van der Waals surface area contributed by atoms with E-state index in [-0.39, 0.29) is 6.03 Å². The van der Waals surface area contributed by atoms with Crippen molar-refractivity contribution in [3.05, 3.63) is 28.8 Å². The van der Waals surface area contributed by atoms with Crippen molar-refractivity contribution >= 4 is 17.6 Å². The van der Waals surface area contributed by atoms with Crippen LogP contribution in [0.4, 0.5) is 4.79 Å². The number of benzene rings is 1. The molecule has 0 bridgehead atoms. The van der Waals surface area contributed by atoms with Crippen molar-refractivity contribution in [3.63, 3.8) is 0 Å². The molecule has 6 heteroatoms. The molecule has 1 aromatic rings. The van der Waals surface area contributed by atoms with Gasteiger partial charge in [-0.05, 0) is 56.7 Å². The minimum absolute atomic E-state index is 0.102. The van der Waals surface area contributed by atoms with Crippen molar-refractivity contribution in [1.82, 2.24) is 15.1 Å². The number of carbonyl (C=O) groups excluding carboxylic acids is 1. The van der Waals surface area contributed by atoms with Gasteiger partial charge in [-0.1, -0.05) is 11.6 Å². The molecule has 2 heterocycles. The van der Waals surface area contributed by atoms with Crippen LogP contribution in [-0.4, -0.2) is 54.2 Å². The highest BCUT2D eigenvalue weighted by molar-refractivity contribution is 6.30. The molecular formula is C20H28ClN3O2. The number of hydrogen-bond donors (Lipinski definition) is 1. The van der Waals surface area contributed by atoms with E-state index in [0.29, 0.717) is 12.1 Å². The normalized spacial score (nSPS) is 22.8. The first-order valence-corrected chi connectivity index (χ1v) is 10.3. The van der Waals surface area contributed by atoms with Crippen LogP contribution in [0.2, 0.25) is 5.02 Å². The third kappa shape index (κ3) is 4.09. The first-order chi connectivity index (χ1) is 12.7. The number of rotatable bonds is 5. The van der Waals surface area contributed by atoms with Crippen LogP contribution in [0.25, 0.3) is 0 Å². The number of piperidine rings is 1. The summed E-state index contributed by atoms with van der Waals surface area (Å²) in [6, 6.07) is 6.48. The lowest BCUT2D eigenvalue weighted by Gasteiger charge is -2.36. The molecule has 0 aromatic heterocycles. The minimum Gasteiger partial charge on any atom is -0.490 e. The number of carbonyl (C=O) groups is 1. The summed E-state index contributed by atoms with van der Waals surface area (Å²) in [5.74, 6) is 0.988. The molecule has 142 valence electrons. The van der Waals surface area contributed by atoms with Crippen LogP contribution < -0.4 is 10.1 Å². The predicted molar refractivity (Wildman–Crippen MR) is 103 cm³/mol. The molecule has 1 aliphatic carbocycles. The molecule has 1 aromatic carbocycles. The third-order valence-corrected chi connectivity index (χ3v) is 6.14. The van der Waals surface area contributed by atoms with E-state index in [1.165, 1.54) is 18.4 Å². The molecule has 2 aliphatic heterocycles. The Balaban J connectivity index is 1.36. The van der Waals surface area contributed by atoms with Crippen LogP contribution in [0.5, 0.6) is 5.75 Å². The Morgan fingerprint density at radius 3 is 2.58 bits per heavy atom. The molecule has 3 aliphatic rings. The van der Waals surface area contributed by atoms with Gasteiger partial charge in [0.15, 0.2) is 0 Å². The smallest absolute Gasteiger partial charge is 0.317 e. The van der Waals surface area contributed by atoms with Crippen molar-refractivity contribution in [2.24, 2.45) is 0 Å². The van der Waals surface area contributed by atoms with Crippen LogP contribution in [-0.2, 0) is 6.54 Å². The third-order valence-electron chi connectivity index (χ3n) is 5.90. The van der Waals surface area contributed by atoms with Crippen molar-refractivity contribution < 1.29 is 9.53 Å². The Morgan fingerprint density at radius 1 is 1.12 bits per heavy atom. The highest BCUT2D eigenvalue weighted by Gasteiger charge is 2.30. The molecule has 0 unspecified atom stereocenters. The number of hydrogen-bond acceptors (Lipinski definition) is 3. The number of nitrogens with zero attached hydrogens (tertiary/aromatic N) is 2. The van der Waals surface area contributed by atoms with Gasteiger partial charge in [0.2, 0.25) is 0 Å². The topological polar surface area (TPSA) is 44.8 Å². The number of urea groups is 1. The van der Waals surface area contributed by atoms with Gasteiger partial charge in [-0.3, -0.25) is 4.90 Å². The van der Waals surface area contributed by atoms with Gasteiger partial charge in [0, 0.05) is 49.4 Å². The summed E-state index contributed by atoms with van der Waals surface area (Å²) >= 11 is 6.25. The first-order valence-electron chi connectivity index (χ1n) is 9.91. The van der Waals surface area contributed by atoms with E-state index in [0.717, 1.165) is 69.2 Å². The highest BCUT2D eigenvalue weighted by Crippen LogP contribution is 2.30. The Labute approximate surface area is 160 Å². The Kier molecular flexibility index (Phi) is 5.55. The lowest BCUT2D eigenvalue weighted by atomic mass is 10.0. The molecule has 26 heavy (non-hydrogen) atoms. The van der Waals surface area contributed by atoms with E-state index in [4.69, 9.17) is 16.3 Å². The van der Waals surface area contributed by atoms with Crippen molar-refractivity contribution in [1.29, 1.82) is 0 Å². The average Bonchev–Trinajstić information content (AvgIpc) is 3.30. The van der Waals surface area contributed by atoms with Gasteiger partial charge in [-0.2, -0.15) is 0 Å². The SMILES string of the molecule is O=C1NCCN1C1CCN(Cc2cc(Cl)ccc2OC2CCCC2)CC1. The molecule has 2 amide bonds. The zero-order valence-corrected chi connectivity index (χ0v) is 16.0. The summed E-state index contributed by atoms with van der Waals surface area (Å²) in [7, 11) is 0. The van der Waals surface area contributed by atoms with E-state index < -0.39 is 0 Å². The highest BCUT2D eigenvalue weighted by atomic mass is 35.5. The fourth-order valence-electron chi connectivity index (χ4n) is 4.44. The van der Waals surface area contributed by atoms with Crippen molar-refractivity contribution in [3.8, 4) is 5.75 Å². The fourth-order valence-corrected chi connectivity index (χ4v) is 4.63. The lowest BCUT2D eigenvalue weighted by Crippen LogP contribution is -2.45.